The Morgan fingerprint density at radius 1 is 1.33 bits per heavy atom. The second-order valence-corrected chi connectivity index (χ2v) is 6.57. The van der Waals surface area contributed by atoms with Gasteiger partial charge in [0.05, 0.1) is 18.1 Å². The van der Waals surface area contributed by atoms with Crippen LogP contribution in [-0.4, -0.2) is 18.3 Å². The number of thiophene rings is 1. The van der Waals surface area contributed by atoms with Gasteiger partial charge < -0.3 is 9.84 Å². The van der Waals surface area contributed by atoms with E-state index in [4.69, 9.17) is 9.84 Å². The molecule has 1 rings (SSSR count). The molecule has 0 saturated heterocycles. The molecule has 2 nitrogen and oxygen atoms in total. The van der Waals surface area contributed by atoms with Crippen molar-refractivity contribution in [3.63, 3.8) is 0 Å². The van der Waals surface area contributed by atoms with Crippen molar-refractivity contribution < 1.29 is 9.84 Å². The Balaban J connectivity index is 2.30. The lowest BCUT2D eigenvalue weighted by Crippen LogP contribution is -2.09. The summed E-state index contributed by atoms with van der Waals surface area (Å²) in [7, 11) is 0. The van der Waals surface area contributed by atoms with Crippen LogP contribution in [0.4, 0.5) is 0 Å². The van der Waals surface area contributed by atoms with E-state index in [1.165, 1.54) is 4.88 Å². The Kier molecular flexibility index (Phi) is 6.42. The monoisotopic (exact) mass is 266 g/mol. The lowest BCUT2D eigenvalue weighted by molar-refractivity contribution is 0.0980. The normalized spacial score (nSPS) is 11.1. The molecule has 0 amide bonds. The van der Waals surface area contributed by atoms with Crippen molar-refractivity contribution >= 4 is 11.3 Å². The minimum Gasteiger partial charge on any atom is -0.395 e. The molecule has 0 spiro atoms. The van der Waals surface area contributed by atoms with Gasteiger partial charge in [-0.3, -0.25) is 0 Å². The molecular formula is C15H22O2S. The van der Waals surface area contributed by atoms with Crippen LogP contribution in [0.15, 0.2) is 12.1 Å². The second kappa shape index (κ2) is 7.58. The molecule has 0 fully saturated rings. The van der Waals surface area contributed by atoms with Crippen LogP contribution in [0.5, 0.6) is 0 Å². The highest BCUT2D eigenvalue weighted by Gasteiger charge is 2.09. The van der Waals surface area contributed by atoms with Gasteiger partial charge in [0.15, 0.2) is 0 Å². The standard InChI is InChI=1S/C15H22O2S/c1-15(2,3)9-11-17-12-14-8-7-13(18-14)6-4-5-10-16/h7-8,16H,5,9-12H2,1-3H3. The number of rotatable bonds is 5. The molecule has 0 aliphatic heterocycles. The lowest BCUT2D eigenvalue weighted by Gasteiger charge is -2.17. The smallest absolute Gasteiger partial charge is 0.0809 e. The summed E-state index contributed by atoms with van der Waals surface area (Å²) in [4.78, 5) is 2.25. The first-order valence-corrected chi connectivity index (χ1v) is 7.09. The quantitative estimate of drug-likeness (QED) is 0.653. The highest BCUT2D eigenvalue weighted by molar-refractivity contribution is 7.12. The molecule has 0 bridgehead atoms. The zero-order valence-corrected chi connectivity index (χ0v) is 12.3. The van der Waals surface area contributed by atoms with Crippen molar-refractivity contribution in [2.75, 3.05) is 13.2 Å². The van der Waals surface area contributed by atoms with E-state index in [2.05, 4.69) is 38.7 Å². The Morgan fingerprint density at radius 2 is 2.11 bits per heavy atom. The van der Waals surface area contributed by atoms with Crippen molar-refractivity contribution in [1.82, 2.24) is 0 Å². The molecule has 0 aliphatic rings. The van der Waals surface area contributed by atoms with E-state index >= 15 is 0 Å². The van der Waals surface area contributed by atoms with Crippen LogP contribution in [0.25, 0.3) is 0 Å². The lowest BCUT2D eigenvalue weighted by atomic mass is 9.93. The first kappa shape index (κ1) is 15.2. The maximum Gasteiger partial charge on any atom is 0.0809 e. The van der Waals surface area contributed by atoms with Gasteiger partial charge in [-0.05, 0) is 24.0 Å². The van der Waals surface area contributed by atoms with Gasteiger partial charge in [0.25, 0.3) is 0 Å². The van der Waals surface area contributed by atoms with E-state index in [1.54, 1.807) is 11.3 Å². The molecule has 0 aromatic carbocycles. The van der Waals surface area contributed by atoms with E-state index in [0.717, 1.165) is 17.9 Å². The number of aliphatic hydroxyl groups is 1. The first-order chi connectivity index (χ1) is 8.51. The van der Waals surface area contributed by atoms with Crippen LogP contribution in [-0.2, 0) is 11.3 Å². The van der Waals surface area contributed by atoms with E-state index < -0.39 is 0 Å². The molecule has 1 aromatic heterocycles. The molecule has 1 aromatic rings. The molecule has 18 heavy (non-hydrogen) atoms. The Hall–Kier alpha value is -0.820. The summed E-state index contributed by atoms with van der Waals surface area (Å²) < 4.78 is 5.66. The molecule has 1 heterocycles. The molecule has 100 valence electrons. The Bertz CT molecular complexity index is 404. The Labute approximate surface area is 114 Å². The van der Waals surface area contributed by atoms with Gasteiger partial charge in [0, 0.05) is 17.9 Å². The van der Waals surface area contributed by atoms with Gasteiger partial charge in [0.2, 0.25) is 0 Å². The zero-order valence-electron chi connectivity index (χ0n) is 11.5. The summed E-state index contributed by atoms with van der Waals surface area (Å²) in [6, 6.07) is 4.07. The third kappa shape index (κ3) is 6.80. The minimum atomic E-state index is 0.126. The highest BCUT2D eigenvalue weighted by atomic mass is 32.1. The molecule has 0 radical (unpaired) electrons. The summed E-state index contributed by atoms with van der Waals surface area (Å²) >= 11 is 1.66. The van der Waals surface area contributed by atoms with Crippen LogP contribution >= 0.6 is 11.3 Å². The first-order valence-electron chi connectivity index (χ1n) is 6.27. The fraction of sp³-hybridized carbons (Fsp3) is 0.600. The van der Waals surface area contributed by atoms with Crippen LogP contribution in [0.2, 0.25) is 0 Å². The van der Waals surface area contributed by atoms with E-state index in [-0.39, 0.29) is 6.61 Å². The number of ether oxygens (including phenoxy) is 1. The van der Waals surface area contributed by atoms with E-state index in [1.807, 2.05) is 6.07 Å². The summed E-state index contributed by atoms with van der Waals surface area (Å²) in [5, 5.41) is 8.64. The summed E-state index contributed by atoms with van der Waals surface area (Å²) in [5.74, 6) is 5.96. The van der Waals surface area contributed by atoms with Gasteiger partial charge in [-0.1, -0.05) is 32.6 Å². The zero-order chi connectivity index (χ0) is 13.4. The average molecular weight is 266 g/mol. The van der Waals surface area contributed by atoms with Crippen molar-refractivity contribution in [2.24, 2.45) is 5.41 Å². The van der Waals surface area contributed by atoms with Gasteiger partial charge in [-0.25, -0.2) is 0 Å². The molecular weight excluding hydrogens is 244 g/mol. The van der Waals surface area contributed by atoms with Gasteiger partial charge >= 0.3 is 0 Å². The summed E-state index contributed by atoms with van der Waals surface area (Å²) in [6.07, 6.45) is 1.61. The maximum atomic E-state index is 8.64. The predicted octanol–water partition coefficient (Wildman–Crippen LogP) is 3.43. The van der Waals surface area contributed by atoms with Crippen LogP contribution in [0, 0.1) is 17.3 Å². The highest BCUT2D eigenvalue weighted by Crippen LogP contribution is 2.20. The third-order valence-electron chi connectivity index (χ3n) is 2.35. The maximum absolute atomic E-state index is 8.64. The number of aliphatic hydroxyl groups excluding tert-OH is 1. The SMILES string of the molecule is CC(C)(C)CCOCc1ccc(C#CCCO)s1. The molecule has 0 saturated carbocycles. The van der Waals surface area contributed by atoms with Crippen LogP contribution in [0.1, 0.15) is 43.4 Å². The number of hydrogen-bond donors (Lipinski definition) is 1. The van der Waals surface area contributed by atoms with Gasteiger partial charge in [-0.2, -0.15) is 0 Å². The van der Waals surface area contributed by atoms with Crippen LogP contribution < -0.4 is 0 Å². The second-order valence-electron chi connectivity index (χ2n) is 5.40. The summed E-state index contributed by atoms with van der Waals surface area (Å²) in [5.41, 5.74) is 0.330. The van der Waals surface area contributed by atoms with Crippen LogP contribution in [0.3, 0.4) is 0 Å². The van der Waals surface area contributed by atoms with Crippen molar-refractivity contribution in [3.05, 3.63) is 21.9 Å². The third-order valence-corrected chi connectivity index (χ3v) is 3.32. The van der Waals surface area contributed by atoms with E-state index in [9.17, 15) is 0 Å². The molecule has 0 aliphatic carbocycles. The summed E-state index contributed by atoms with van der Waals surface area (Å²) in [6.45, 7) is 8.25. The fourth-order valence-electron chi connectivity index (χ4n) is 1.28. The molecule has 0 atom stereocenters. The van der Waals surface area contributed by atoms with E-state index in [0.29, 0.717) is 18.4 Å². The number of hydrogen-bond acceptors (Lipinski definition) is 3. The predicted molar refractivity (Wildman–Crippen MR) is 76.6 cm³/mol. The van der Waals surface area contributed by atoms with Crippen molar-refractivity contribution in [2.45, 2.75) is 40.2 Å². The Morgan fingerprint density at radius 3 is 2.78 bits per heavy atom. The van der Waals surface area contributed by atoms with Crippen molar-refractivity contribution in [3.8, 4) is 11.8 Å². The minimum absolute atomic E-state index is 0.126. The fourth-order valence-corrected chi connectivity index (χ4v) is 2.10. The average Bonchev–Trinajstić information content (AvgIpc) is 2.72. The van der Waals surface area contributed by atoms with Crippen molar-refractivity contribution in [1.29, 1.82) is 0 Å². The largest absolute Gasteiger partial charge is 0.395 e. The van der Waals surface area contributed by atoms with Gasteiger partial charge in [-0.15, -0.1) is 11.3 Å². The molecule has 1 N–H and O–H groups in total. The molecule has 0 unspecified atom stereocenters. The topological polar surface area (TPSA) is 29.5 Å². The molecule has 3 heteroatoms. The van der Waals surface area contributed by atoms with Gasteiger partial charge in [0.1, 0.15) is 0 Å².